The van der Waals surface area contributed by atoms with Gasteiger partial charge >= 0.3 is 12.6 Å². The minimum absolute atomic E-state index is 0.00525. The predicted octanol–water partition coefficient (Wildman–Crippen LogP) is 4.95. The molecule has 1 fully saturated rings. The number of hydrogen-bond donors (Lipinski definition) is 1. The first-order valence-corrected chi connectivity index (χ1v) is 8.24. The average Bonchev–Trinajstić information content (AvgIpc) is 3.44. The third kappa shape index (κ3) is 5.05. The summed E-state index contributed by atoms with van der Waals surface area (Å²) in [5.41, 5.74) is 1.65. The van der Waals surface area contributed by atoms with Crippen LogP contribution in [0.4, 0.5) is 8.78 Å². The van der Waals surface area contributed by atoms with E-state index in [1.54, 1.807) is 42.5 Å². The van der Waals surface area contributed by atoms with Crippen molar-refractivity contribution >= 4 is 18.1 Å². The highest BCUT2D eigenvalue weighted by Gasteiger charge is 2.23. The molecule has 1 N–H and O–H groups in total. The van der Waals surface area contributed by atoms with Gasteiger partial charge in [0.25, 0.3) is 0 Å². The number of carbonyl (C=O) groups is 1. The van der Waals surface area contributed by atoms with Crippen LogP contribution in [-0.2, 0) is 0 Å². The maximum atomic E-state index is 12.5. The molecule has 0 radical (unpaired) electrons. The Morgan fingerprint density at radius 3 is 2.50 bits per heavy atom. The van der Waals surface area contributed by atoms with Gasteiger partial charge in [0.05, 0.1) is 12.2 Å². The van der Waals surface area contributed by atoms with Crippen LogP contribution in [0.1, 0.15) is 34.3 Å². The summed E-state index contributed by atoms with van der Waals surface area (Å²) in [6, 6.07) is 11.2. The van der Waals surface area contributed by atoms with E-state index in [0.717, 1.165) is 24.0 Å². The molecule has 1 aliphatic carbocycles. The highest BCUT2D eigenvalue weighted by molar-refractivity contribution is 5.88. The Kier molecular flexibility index (Phi) is 5.51. The summed E-state index contributed by atoms with van der Waals surface area (Å²) >= 11 is 0. The summed E-state index contributed by atoms with van der Waals surface area (Å²) in [4.78, 5) is 11.0. The van der Waals surface area contributed by atoms with Crippen LogP contribution in [0.25, 0.3) is 12.2 Å². The van der Waals surface area contributed by atoms with Crippen molar-refractivity contribution in [3.8, 4) is 11.5 Å². The number of benzene rings is 2. The molecule has 1 aliphatic rings. The molecule has 0 spiro atoms. The quantitative estimate of drug-likeness (QED) is 0.677. The van der Waals surface area contributed by atoms with E-state index in [0.29, 0.717) is 12.5 Å². The lowest BCUT2D eigenvalue weighted by Gasteiger charge is -2.12. The number of carboxylic acid groups (broad SMARTS) is 1. The molecule has 0 amide bonds. The number of aromatic carboxylic acids is 1. The van der Waals surface area contributed by atoms with Crippen molar-refractivity contribution in [1.82, 2.24) is 0 Å². The smallest absolute Gasteiger partial charge is 0.387 e. The Hall–Kier alpha value is -2.89. The zero-order valence-corrected chi connectivity index (χ0v) is 13.9. The summed E-state index contributed by atoms with van der Waals surface area (Å²) in [6.45, 7) is -2.44. The fourth-order valence-electron chi connectivity index (χ4n) is 2.39. The van der Waals surface area contributed by atoms with E-state index in [9.17, 15) is 13.6 Å². The van der Waals surface area contributed by atoms with Crippen LogP contribution in [0.2, 0.25) is 0 Å². The Morgan fingerprint density at radius 1 is 1.12 bits per heavy atom. The van der Waals surface area contributed by atoms with Gasteiger partial charge in [-0.1, -0.05) is 30.4 Å². The molecule has 0 saturated heterocycles. The third-order valence-corrected chi connectivity index (χ3v) is 3.96. The molecule has 2 aromatic rings. The van der Waals surface area contributed by atoms with Crippen LogP contribution in [0.5, 0.6) is 11.5 Å². The minimum Gasteiger partial charge on any atom is -0.489 e. The molecule has 0 aromatic heterocycles. The number of alkyl halides is 2. The first kappa shape index (κ1) is 17.9. The van der Waals surface area contributed by atoms with Crippen LogP contribution < -0.4 is 9.47 Å². The fraction of sp³-hybridized carbons (Fsp3) is 0.250. The van der Waals surface area contributed by atoms with Crippen LogP contribution in [-0.4, -0.2) is 24.3 Å². The van der Waals surface area contributed by atoms with Gasteiger partial charge in [0.1, 0.15) is 0 Å². The molecule has 0 heterocycles. The van der Waals surface area contributed by atoms with Crippen LogP contribution >= 0.6 is 0 Å². The molecular formula is C20H18F2O4. The van der Waals surface area contributed by atoms with Crippen LogP contribution in [0.15, 0.2) is 42.5 Å². The maximum absolute atomic E-state index is 12.5. The van der Waals surface area contributed by atoms with E-state index in [-0.39, 0.29) is 17.1 Å². The van der Waals surface area contributed by atoms with E-state index in [2.05, 4.69) is 4.74 Å². The predicted molar refractivity (Wildman–Crippen MR) is 93.6 cm³/mol. The molecule has 0 atom stereocenters. The van der Waals surface area contributed by atoms with Crippen LogP contribution in [0, 0.1) is 5.92 Å². The normalized spacial score (nSPS) is 14.0. The van der Waals surface area contributed by atoms with Gasteiger partial charge in [0.2, 0.25) is 0 Å². The standard InChI is InChI=1S/C20H18F2O4/c21-20(22)26-17-9-8-14(11-18(17)25-12-15-6-7-15)5-4-13-2-1-3-16(10-13)19(23)24/h1-5,8-11,15,20H,6-7,12H2,(H,23,24)/b5-4+. The minimum atomic E-state index is -2.92. The summed E-state index contributed by atoms with van der Waals surface area (Å²) < 4.78 is 35.2. The summed E-state index contributed by atoms with van der Waals surface area (Å²) in [5, 5.41) is 9.03. The molecule has 6 heteroatoms. The average molecular weight is 360 g/mol. The van der Waals surface area contributed by atoms with E-state index in [4.69, 9.17) is 9.84 Å². The number of carboxylic acids is 1. The van der Waals surface area contributed by atoms with Gasteiger partial charge in [-0.2, -0.15) is 8.78 Å². The topological polar surface area (TPSA) is 55.8 Å². The van der Waals surface area contributed by atoms with Gasteiger partial charge in [-0.05, 0) is 54.2 Å². The highest BCUT2D eigenvalue weighted by atomic mass is 19.3. The third-order valence-electron chi connectivity index (χ3n) is 3.96. The van der Waals surface area contributed by atoms with Gasteiger partial charge in [-0.3, -0.25) is 0 Å². The first-order chi connectivity index (χ1) is 12.5. The molecular weight excluding hydrogens is 342 g/mol. The molecule has 3 rings (SSSR count). The molecule has 136 valence electrons. The Balaban J connectivity index is 1.78. The zero-order chi connectivity index (χ0) is 18.5. The van der Waals surface area contributed by atoms with Crippen molar-refractivity contribution in [3.63, 3.8) is 0 Å². The first-order valence-electron chi connectivity index (χ1n) is 8.24. The van der Waals surface area contributed by atoms with Crippen molar-refractivity contribution < 1.29 is 28.2 Å². The molecule has 0 unspecified atom stereocenters. The van der Waals surface area contributed by atoms with E-state index < -0.39 is 12.6 Å². The van der Waals surface area contributed by atoms with Gasteiger partial charge in [-0.15, -0.1) is 0 Å². The summed E-state index contributed by atoms with van der Waals surface area (Å²) in [7, 11) is 0. The van der Waals surface area contributed by atoms with Crippen molar-refractivity contribution in [1.29, 1.82) is 0 Å². The molecule has 26 heavy (non-hydrogen) atoms. The molecule has 0 aliphatic heterocycles. The summed E-state index contributed by atoms with van der Waals surface area (Å²) in [6.07, 6.45) is 5.69. The van der Waals surface area contributed by atoms with E-state index in [1.807, 2.05) is 0 Å². The SMILES string of the molecule is O=C(O)c1cccc(/C=C/c2ccc(OC(F)F)c(OCC3CC3)c2)c1. The lowest BCUT2D eigenvalue weighted by Crippen LogP contribution is -2.06. The molecule has 2 aromatic carbocycles. The lowest BCUT2D eigenvalue weighted by atomic mass is 10.1. The summed E-state index contributed by atoms with van der Waals surface area (Å²) in [5.74, 6) is -0.235. The van der Waals surface area contributed by atoms with Gasteiger partial charge in [-0.25, -0.2) is 4.79 Å². The highest BCUT2D eigenvalue weighted by Crippen LogP contribution is 2.34. The fourth-order valence-corrected chi connectivity index (χ4v) is 2.39. The van der Waals surface area contributed by atoms with Crippen LogP contribution in [0.3, 0.4) is 0 Å². The molecule has 4 nitrogen and oxygen atoms in total. The number of halogens is 2. The van der Waals surface area contributed by atoms with Gasteiger partial charge in [0.15, 0.2) is 11.5 Å². The molecule has 0 bridgehead atoms. The Labute approximate surface area is 149 Å². The lowest BCUT2D eigenvalue weighted by molar-refractivity contribution is -0.0515. The van der Waals surface area contributed by atoms with Gasteiger partial charge < -0.3 is 14.6 Å². The number of hydrogen-bond acceptors (Lipinski definition) is 3. The Bertz CT molecular complexity index is 813. The second-order valence-electron chi connectivity index (χ2n) is 6.10. The van der Waals surface area contributed by atoms with E-state index >= 15 is 0 Å². The van der Waals surface area contributed by atoms with E-state index in [1.165, 1.54) is 12.1 Å². The Morgan fingerprint density at radius 2 is 1.85 bits per heavy atom. The number of rotatable bonds is 8. The van der Waals surface area contributed by atoms with Crippen molar-refractivity contribution in [2.45, 2.75) is 19.5 Å². The second kappa shape index (κ2) is 7.99. The number of ether oxygens (including phenoxy) is 2. The zero-order valence-electron chi connectivity index (χ0n) is 13.9. The van der Waals surface area contributed by atoms with Crippen molar-refractivity contribution in [2.75, 3.05) is 6.61 Å². The largest absolute Gasteiger partial charge is 0.489 e. The van der Waals surface area contributed by atoms with Gasteiger partial charge in [0, 0.05) is 0 Å². The monoisotopic (exact) mass is 360 g/mol. The second-order valence-corrected chi connectivity index (χ2v) is 6.10. The van der Waals surface area contributed by atoms with Crippen molar-refractivity contribution in [3.05, 3.63) is 59.2 Å². The maximum Gasteiger partial charge on any atom is 0.387 e. The van der Waals surface area contributed by atoms with Crippen molar-refractivity contribution in [2.24, 2.45) is 5.92 Å². The molecule has 1 saturated carbocycles.